The second kappa shape index (κ2) is 11.6. The van der Waals surface area contributed by atoms with Crippen LogP contribution in [0, 0.1) is 5.41 Å². The van der Waals surface area contributed by atoms with Crippen molar-refractivity contribution in [3.63, 3.8) is 0 Å². The number of aryl methyl sites for hydroxylation is 1. The van der Waals surface area contributed by atoms with Crippen LogP contribution in [0.2, 0.25) is 0 Å². The minimum atomic E-state index is -0.945. The molecule has 2 amide bonds. The third-order valence-electron chi connectivity index (χ3n) is 7.29. The minimum Gasteiger partial charge on any atom is -0.483 e. The van der Waals surface area contributed by atoms with Gasteiger partial charge in [-0.2, -0.15) is 0 Å². The Morgan fingerprint density at radius 1 is 1.11 bits per heavy atom. The Kier molecular flexibility index (Phi) is 8.36. The third-order valence-corrected chi connectivity index (χ3v) is 7.29. The lowest BCUT2D eigenvalue weighted by Crippen LogP contribution is -2.50. The van der Waals surface area contributed by atoms with E-state index in [0.29, 0.717) is 51.1 Å². The molecule has 3 N–H and O–H groups in total. The Morgan fingerprint density at radius 2 is 1.86 bits per heavy atom. The standard InChI is InChI=1S/C27H35N3O5/c31-22-16-21-5-1-2-6-24(21)35-18-25(33)29-19-27(17-23(22)32)10-14-30(15-11-27)26(34)7-3-4-20-8-12-28-13-9-20/h1-2,5-6,8-9,12-13,22-23,31-32H,3-4,7,10-11,14-19H2,(H,29,33)/t22-,23+/m0/s1. The van der Waals surface area contributed by atoms with Crippen LogP contribution in [-0.4, -0.2) is 70.4 Å². The molecular formula is C27H35N3O5. The summed E-state index contributed by atoms with van der Waals surface area (Å²) in [5, 5.41) is 24.6. The van der Waals surface area contributed by atoms with E-state index in [1.165, 1.54) is 5.56 Å². The SMILES string of the molecule is O=C1COc2ccccc2C[C@H](O)[C@H](O)CC2(CCN(C(=O)CCCc3ccncc3)CC2)CN1. The van der Waals surface area contributed by atoms with Crippen LogP contribution in [-0.2, 0) is 22.4 Å². The van der Waals surface area contributed by atoms with Crippen LogP contribution in [0.1, 0.15) is 43.2 Å². The average Bonchev–Trinajstić information content (AvgIpc) is 2.87. The van der Waals surface area contributed by atoms with Gasteiger partial charge in [0.1, 0.15) is 5.75 Å². The summed E-state index contributed by atoms with van der Waals surface area (Å²) in [7, 11) is 0. The van der Waals surface area contributed by atoms with Gasteiger partial charge < -0.3 is 25.2 Å². The van der Waals surface area contributed by atoms with Crippen molar-refractivity contribution in [2.24, 2.45) is 5.41 Å². The predicted octanol–water partition coefficient (Wildman–Crippen LogP) is 1.88. The molecular weight excluding hydrogens is 446 g/mol. The predicted molar refractivity (Wildman–Crippen MR) is 131 cm³/mol. The maximum Gasteiger partial charge on any atom is 0.257 e. The molecule has 1 aromatic heterocycles. The topological polar surface area (TPSA) is 112 Å². The van der Waals surface area contributed by atoms with E-state index in [0.717, 1.165) is 18.4 Å². The zero-order valence-electron chi connectivity index (χ0n) is 20.1. The number of rotatable bonds is 4. The monoisotopic (exact) mass is 481 g/mol. The van der Waals surface area contributed by atoms with Crippen molar-refractivity contribution in [3.05, 3.63) is 59.9 Å². The molecule has 0 aliphatic carbocycles. The Balaban J connectivity index is 1.36. The van der Waals surface area contributed by atoms with Crippen molar-refractivity contribution in [1.29, 1.82) is 0 Å². The molecule has 2 atom stereocenters. The number of amides is 2. The van der Waals surface area contributed by atoms with Crippen LogP contribution in [0.5, 0.6) is 5.75 Å². The molecule has 3 heterocycles. The summed E-state index contributed by atoms with van der Waals surface area (Å²) >= 11 is 0. The van der Waals surface area contributed by atoms with Gasteiger partial charge in [0.05, 0.1) is 12.2 Å². The average molecular weight is 482 g/mol. The van der Waals surface area contributed by atoms with Gasteiger partial charge in [-0.05, 0) is 66.8 Å². The number of likely N-dealkylation sites (tertiary alicyclic amines) is 1. The molecule has 0 saturated carbocycles. The molecule has 2 aliphatic heterocycles. The normalized spacial score (nSPS) is 22.8. The first kappa shape index (κ1) is 25.1. The van der Waals surface area contributed by atoms with Crippen molar-refractivity contribution in [1.82, 2.24) is 15.2 Å². The highest BCUT2D eigenvalue weighted by Gasteiger charge is 2.39. The minimum absolute atomic E-state index is 0.103. The number of aliphatic hydroxyl groups is 2. The number of carbonyl (C=O) groups excluding carboxylic acids is 2. The fourth-order valence-electron chi connectivity index (χ4n) is 5.07. The van der Waals surface area contributed by atoms with E-state index in [1.807, 2.05) is 35.2 Å². The fourth-order valence-corrected chi connectivity index (χ4v) is 5.07. The van der Waals surface area contributed by atoms with Crippen molar-refractivity contribution in [2.75, 3.05) is 26.2 Å². The quantitative estimate of drug-likeness (QED) is 0.615. The number of hydrogen-bond acceptors (Lipinski definition) is 6. The van der Waals surface area contributed by atoms with E-state index >= 15 is 0 Å². The van der Waals surface area contributed by atoms with Gasteiger partial charge in [-0.1, -0.05) is 18.2 Å². The summed E-state index contributed by atoms with van der Waals surface area (Å²) in [5.74, 6) is 0.459. The molecule has 2 aliphatic rings. The van der Waals surface area contributed by atoms with E-state index in [-0.39, 0.29) is 30.3 Å². The number of fused-ring (bicyclic) bond motifs is 1. The van der Waals surface area contributed by atoms with Gasteiger partial charge in [-0.25, -0.2) is 0 Å². The van der Waals surface area contributed by atoms with Crippen LogP contribution in [0.4, 0.5) is 0 Å². The number of para-hydroxylation sites is 1. The number of nitrogens with one attached hydrogen (secondary N) is 1. The summed E-state index contributed by atoms with van der Waals surface area (Å²) in [6.45, 7) is 1.43. The third kappa shape index (κ3) is 6.80. The number of aromatic nitrogens is 1. The van der Waals surface area contributed by atoms with Crippen LogP contribution < -0.4 is 10.1 Å². The number of piperidine rings is 1. The number of carbonyl (C=O) groups is 2. The number of pyridine rings is 1. The molecule has 35 heavy (non-hydrogen) atoms. The van der Waals surface area contributed by atoms with Gasteiger partial charge in [-0.15, -0.1) is 0 Å². The second-order valence-electron chi connectivity index (χ2n) is 9.81. The highest BCUT2D eigenvalue weighted by atomic mass is 16.5. The lowest BCUT2D eigenvalue weighted by Gasteiger charge is -2.43. The van der Waals surface area contributed by atoms with Crippen molar-refractivity contribution >= 4 is 11.8 Å². The summed E-state index contributed by atoms with van der Waals surface area (Å²) < 4.78 is 5.69. The number of aliphatic hydroxyl groups excluding tert-OH is 2. The Hall–Kier alpha value is -2.97. The molecule has 1 spiro atoms. The number of benzene rings is 1. The molecule has 1 saturated heterocycles. The Bertz CT molecular complexity index is 991. The Labute approximate surface area is 206 Å². The van der Waals surface area contributed by atoms with E-state index < -0.39 is 12.2 Å². The van der Waals surface area contributed by atoms with Gasteiger partial charge in [0.15, 0.2) is 6.61 Å². The molecule has 1 aromatic carbocycles. The molecule has 188 valence electrons. The number of nitrogens with zero attached hydrogens (tertiary/aromatic N) is 2. The molecule has 0 bridgehead atoms. The molecule has 8 nitrogen and oxygen atoms in total. The van der Waals surface area contributed by atoms with Gasteiger partial charge in [0.25, 0.3) is 5.91 Å². The lowest BCUT2D eigenvalue weighted by molar-refractivity contribution is -0.135. The fraction of sp³-hybridized carbons (Fsp3) is 0.519. The molecule has 1 fully saturated rings. The maximum atomic E-state index is 12.8. The van der Waals surface area contributed by atoms with E-state index in [4.69, 9.17) is 4.74 Å². The van der Waals surface area contributed by atoms with Gasteiger partial charge >= 0.3 is 0 Å². The smallest absolute Gasteiger partial charge is 0.257 e. The zero-order valence-corrected chi connectivity index (χ0v) is 20.1. The van der Waals surface area contributed by atoms with Crippen LogP contribution in [0.25, 0.3) is 0 Å². The van der Waals surface area contributed by atoms with Crippen molar-refractivity contribution in [3.8, 4) is 5.75 Å². The van der Waals surface area contributed by atoms with Crippen molar-refractivity contribution < 1.29 is 24.5 Å². The summed E-state index contributed by atoms with van der Waals surface area (Å²) in [4.78, 5) is 31.2. The zero-order chi connectivity index (χ0) is 24.7. The first-order valence-electron chi connectivity index (χ1n) is 12.4. The van der Waals surface area contributed by atoms with E-state index in [1.54, 1.807) is 18.5 Å². The van der Waals surface area contributed by atoms with Crippen LogP contribution in [0.3, 0.4) is 0 Å². The van der Waals surface area contributed by atoms with Gasteiger partial charge in [0.2, 0.25) is 5.91 Å². The largest absolute Gasteiger partial charge is 0.483 e. The Morgan fingerprint density at radius 3 is 2.63 bits per heavy atom. The molecule has 0 unspecified atom stereocenters. The van der Waals surface area contributed by atoms with Crippen LogP contribution >= 0.6 is 0 Å². The van der Waals surface area contributed by atoms with E-state index in [9.17, 15) is 19.8 Å². The molecule has 8 heteroatoms. The first-order chi connectivity index (χ1) is 16.9. The molecule has 2 aromatic rings. The van der Waals surface area contributed by atoms with E-state index in [2.05, 4.69) is 10.3 Å². The summed E-state index contributed by atoms with van der Waals surface area (Å²) in [6, 6.07) is 11.2. The molecule has 0 radical (unpaired) electrons. The summed E-state index contributed by atoms with van der Waals surface area (Å²) in [5.41, 5.74) is 1.55. The number of hydrogen-bond donors (Lipinski definition) is 3. The lowest BCUT2D eigenvalue weighted by atomic mass is 9.73. The first-order valence-corrected chi connectivity index (χ1v) is 12.4. The van der Waals surface area contributed by atoms with Crippen LogP contribution in [0.15, 0.2) is 48.8 Å². The highest BCUT2D eigenvalue weighted by Crippen LogP contribution is 2.37. The molecule has 4 rings (SSSR count). The summed E-state index contributed by atoms with van der Waals surface area (Å²) in [6.07, 6.45) is 5.68. The highest BCUT2D eigenvalue weighted by molar-refractivity contribution is 5.77. The second-order valence-corrected chi connectivity index (χ2v) is 9.81. The van der Waals surface area contributed by atoms with Crippen molar-refractivity contribution in [2.45, 2.75) is 57.2 Å². The maximum absolute atomic E-state index is 12.8. The number of ether oxygens (including phenoxy) is 1. The van der Waals surface area contributed by atoms with Gasteiger partial charge in [0, 0.05) is 44.9 Å². The van der Waals surface area contributed by atoms with Gasteiger partial charge in [-0.3, -0.25) is 14.6 Å².